The molecule has 130 valence electrons. The molecule has 1 atom stereocenters. The average molecular weight is 356 g/mol. The van der Waals surface area contributed by atoms with E-state index in [1.165, 1.54) is 4.88 Å². The molecule has 0 aliphatic heterocycles. The summed E-state index contributed by atoms with van der Waals surface area (Å²) in [6, 6.07) is 11.2. The summed E-state index contributed by atoms with van der Waals surface area (Å²) in [4.78, 5) is 21.1. The maximum Gasteiger partial charge on any atom is 0.274 e. The van der Waals surface area contributed by atoms with Crippen molar-refractivity contribution in [1.82, 2.24) is 20.1 Å². The van der Waals surface area contributed by atoms with Crippen molar-refractivity contribution >= 4 is 17.2 Å². The number of hydrogen-bond acceptors (Lipinski definition) is 5. The summed E-state index contributed by atoms with van der Waals surface area (Å²) in [5.74, 6) is -0.177. The van der Waals surface area contributed by atoms with Gasteiger partial charge in [-0.3, -0.25) is 14.9 Å². The first kappa shape index (κ1) is 17.3. The Hall–Kier alpha value is -2.51. The van der Waals surface area contributed by atoms with Crippen molar-refractivity contribution in [2.45, 2.75) is 13.0 Å². The van der Waals surface area contributed by atoms with Crippen LogP contribution in [0.15, 0.2) is 42.6 Å². The molecule has 1 N–H and O–H groups in total. The maximum atomic E-state index is 12.8. The van der Waals surface area contributed by atoms with Crippen molar-refractivity contribution in [1.29, 1.82) is 0 Å². The predicted molar refractivity (Wildman–Crippen MR) is 97.6 cm³/mol. The lowest BCUT2D eigenvalue weighted by Gasteiger charge is -2.26. The van der Waals surface area contributed by atoms with Gasteiger partial charge in [0.2, 0.25) is 0 Å². The second-order valence-electron chi connectivity index (χ2n) is 5.72. The van der Waals surface area contributed by atoms with Gasteiger partial charge in [0.05, 0.1) is 28.9 Å². The fourth-order valence-corrected chi connectivity index (χ4v) is 3.42. The molecule has 0 radical (unpaired) electrons. The van der Waals surface area contributed by atoms with Gasteiger partial charge >= 0.3 is 0 Å². The largest absolute Gasteiger partial charge is 0.382 e. The number of hydrogen-bond donors (Lipinski definition) is 1. The molecule has 3 aromatic heterocycles. The van der Waals surface area contributed by atoms with Gasteiger partial charge < -0.3 is 9.64 Å². The Morgan fingerprint density at radius 1 is 1.36 bits per heavy atom. The highest BCUT2D eigenvalue weighted by molar-refractivity contribution is 7.15. The molecule has 6 nitrogen and oxygen atoms in total. The van der Waals surface area contributed by atoms with E-state index in [2.05, 4.69) is 15.2 Å². The second-order valence-corrected chi connectivity index (χ2v) is 7.01. The van der Waals surface area contributed by atoms with Gasteiger partial charge in [-0.15, -0.1) is 11.3 Å². The maximum absolute atomic E-state index is 12.8. The first-order valence-corrected chi connectivity index (χ1v) is 8.71. The highest BCUT2D eigenvalue weighted by atomic mass is 32.1. The number of methoxy groups -OCH3 is 1. The molecule has 0 saturated heterocycles. The third kappa shape index (κ3) is 3.78. The molecule has 0 aliphatic carbocycles. The quantitative estimate of drug-likeness (QED) is 0.736. The van der Waals surface area contributed by atoms with Gasteiger partial charge in [0.25, 0.3) is 5.91 Å². The number of amides is 1. The molecule has 0 spiro atoms. The molecule has 3 rings (SSSR count). The van der Waals surface area contributed by atoms with Crippen molar-refractivity contribution in [3.05, 3.63) is 58.9 Å². The summed E-state index contributed by atoms with van der Waals surface area (Å²) >= 11 is 1.66. The summed E-state index contributed by atoms with van der Waals surface area (Å²) in [5, 5.41) is 7.14. The summed E-state index contributed by atoms with van der Waals surface area (Å²) < 4.78 is 5.28. The number of ether oxygens (including phenoxy) is 1. The van der Waals surface area contributed by atoms with Crippen LogP contribution in [0.25, 0.3) is 10.6 Å². The lowest BCUT2D eigenvalue weighted by molar-refractivity contribution is 0.0589. The number of nitrogens with one attached hydrogen (secondary N) is 1. The van der Waals surface area contributed by atoms with Gasteiger partial charge in [-0.05, 0) is 37.3 Å². The molecule has 0 saturated carbocycles. The Labute approximate surface area is 150 Å². The molecular formula is C18H20N4O2S. The van der Waals surface area contributed by atoms with Crippen molar-refractivity contribution in [3.8, 4) is 10.6 Å². The number of aromatic amines is 1. The van der Waals surface area contributed by atoms with E-state index in [0.29, 0.717) is 12.3 Å². The van der Waals surface area contributed by atoms with Gasteiger partial charge in [0.1, 0.15) is 0 Å². The Morgan fingerprint density at radius 3 is 2.84 bits per heavy atom. The fraction of sp³-hybridized carbons (Fsp3) is 0.278. The van der Waals surface area contributed by atoms with Gasteiger partial charge in [-0.25, -0.2) is 0 Å². The highest BCUT2D eigenvalue weighted by Crippen LogP contribution is 2.27. The van der Waals surface area contributed by atoms with Crippen molar-refractivity contribution < 1.29 is 9.53 Å². The third-order valence-electron chi connectivity index (χ3n) is 3.94. The molecular weight excluding hydrogens is 336 g/mol. The Kier molecular flexibility index (Phi) is 5.25. The second kappa shape index (κ2) is 7.58. The van der Waals surface area contributed by atoms with Crippen LogP contribution in [0.4, 0.5) is 0 Å². The van der Waals surface area contributed by atoms with E-state index < -0.39 is 0 Å². The zero-order chi connectivity index (χ0) is 17.8. The Bertz CT molecular complexity index is 844. The minimum absolute atomic E-state index is 0.177. The lowest BCUT2D eigenvalue weighted by Crippen LogP contribution is -2.34. The molecule has 1 amide bonds. The Balaban J connectivity index is 1.82. The van der Waals surface area contributed by atoms with E-state index in [0.717, 1.165) is 16.3 Å². The van der Waals surface area contributed by atoms with Gasteiger partial charge in [-0.2, -0.15) is 5.10 Å². The van der Waals surface area contributed by atoms with Crippen molar-refractivity contribution in [2.75, 3.05) is 20.8 Å². The summed E-state index contributed by atoms with van der Waals surface area (Å²) in [6.45, 7) is 2.41. The van der Waals surface area contributed by atoms with Gasteiger partial charge in [-0.1, -0.05) is 6.07 Å². The van der Waals surface area contributed by atoms with Crippen LogP contribution in [0, 0.1) is 6.92 Å². The van der Waals surface area contributed by atoms with E-state index in [1.54, 1.807) is 42.7 Å². The molecule has 1 unspecified atom stereocenters. The highest BCUT2D eigenvalue weighted by Gasteiger charge is 2.25. The topological polar surface area (TPSA) is 71.1 Å². The third-order valence-corrected chi connectivity index (χ3v) is 4.98. The molecule has 3 aromatic rings. The number of pyridine rings is 1. The van der Waals surface area contributed by atoms with E-state index in [9.17, 15) is 4.79 Å². The first-order valence-electron chi connectivity index (χ1n) is 7.89. The van der Waals surface area contributed by atoms with E-state index in [-0.39, 0.29) is 11.9 Å². The monoisotopic (exact) mass is 356 g/mol. The fourth-order valence-electron chi connectivity index (χ4n) is 2.59. The number of carbonyl (C=O) groups is 1. The smallest absolute Gasteiger partial charge is 0.274 e. The minimum atomic E-state index is -0.275. The van der Waals surface area contributed by atoms with Crippen LogP contribution in [0.1, 0.15) is 27.1 Å². The molecule has 3 heterocycles. The van der Waals surface area contributed by atoms with Crippen LogP contribution in [-0.4, -0.2) is 46.8 Å². The number of carbonyl (C=O) groups excluding carboxylic acids is 1. The number of likely N-dealkylation sites (N-methyl/N-ethyl adjacent to an activating group) is 1. The molecule has 0 fully saturated rings. The predicted octanol–water partition coefficient (Wildman–Crippen LogP) is 3.30. The first-order chi connectivity index (χ1) is 12.1. The molecule has 0 aliphatic rings. The van der Waals surface area contributed by atoms with Crippen molar-refractivity contribution in [2.24, 2.45) is 0 Å². The van der Waals surface area contributed by atoms with Crippen LogP contribution in [0.3, 0.4) is 0 Å². The van der Waals surface area contributed by atoms with Crippen LogP contribution in [0.5, 0.6) is 0 Å². The molecule has 0 bridgehead atoms. The number of aromatic nitrogens is 3. The zero-order valence-corrected chi connectivity index (χ0v) is 15.2. The van der Waals surface area contributed by atoms with Gasteiger partial charge in [0, 0.05) is 25.2 Å². The van der Waals surface area contributed by atoms with Gasteiger partial charge in [0.15, 0.2) is 5.69 Å². The average Bonchev–Trinajstić information content (AvgIpc) is 3.28. The van der Waals surface area contributed by atoms with E-state index in [1.807, 2.05) is 37.3 Å². The number of rotatable bonds is 6. The van der Waals surface area contributed by atoms with E-state index in [4.69, 9.17) is 4.74 Å². The Morgan fingerprint density at radius 2 is 2.20 bits per heavy atom. The van der Waals surface area contributed by atoms with Crippen LogP contribution in [-0.2, 0) is 4.74 Å². The number of H-pyrrole nitrogens is 1. The summed E-state index contributed by atoms with van der Waals surface area (Å²) in [7, 11) is 3.35. The molecule has 0 aromatic carbocycles. The summed E-state index contributed by atoms with van der Waals surface area (Å²) in [5.41, 5.74) is 2.00. The number of thiophene rings is 1. The zero-order valence-electron chi connectivity index (χ0n) is 14.4. The van der Waals surface area contributed by atoms with Crippen LogP contribution in [0.2, 0.25) is 0 Å². The van der Waals surface area contributed by atoms with Crippen LogP contribution < -0.4 is 0 Å². The lowest BCUT2D eigenvalue weighted by atomic mass is 10.1. The summed E-state index contributed by atoms with van der Waals surface area (Å²) in [6.07, 6.45) is 1.71. The SMILES string of the molecule is COCC(c1ccccn1)N(C)C(=O)c1cc(-c2ccc(C)s2)[nH]n1. The van der Waals surface area contributed by atoms with Crippen LogP contribution >= 0.6 is 11.3 Å². The normalized spacial score (nSPS) is 12.1. The number of aryl methyl sites for hydroxylation is 1. The minimum Gasteiger partial charge on any atom is -0.382 e. The number of nitrogens with zero attached hydrogens (tertiary/aromatic N) is 3. The van der Waals surface area contributed by atoms with E-state index >= 15 is 0 Å². The van der Waals surface area contributed by atoms with Crippen molar-refractivity contribution in [3.63, 3.8) is 0 Å². The molecule has 25 heavy (non-hydrogen) atoms. The molecule has 7 heteroatoms. The standard InChI is InChI=1S/C18H20N4O2S/c1-12-7-8-17(25-12)14-10-15(21-20-14)18(23)22(2)16(11-24-3)13-6-4-5-9-19-13/h4-10,16H,11H2,1-3H3,(H,20,21).